The Morgan fingerprint density at radius 2 is 2.09 bits per heavy atom. The number of thioether (sulfide) groups is 1. The molecule has 5 rings (SSSR count). The Morgan fingerprint density at radius 1 is 1.24 bits per heavy atom. The Labute approximate surface area is 190 Å². The van der Waals surface area contributed by atoms with Crippen LogP contribution in [0, 0.1) is 11.6 Å². The van der Waals surface area contributed by atoms with Gasteiger partial charge in [0.1, 0.15) is 22.7 Å². The fraction of sp³-hybridized carbons (Fsp3) is 0.261. The molecule has 1 atom stereocenters. The van der Waals surface area contributed by atoms with E-state index in [0.717, 1.165) is 42.8 Å². The van der Waals surface area contributed by atoms with Gasteiger partial charge in [0, 0.05) is 18.1 Å². The fourth-order valence-corrected chi connectivity index (χ4v) is 4.63. The average Bonchev–Trinajstić information content (AvgIpc) is 3.45. The number of carbonyl (C=O) groups excluding carboxylic acids is 1. The molecule has 7 nitrogen and oxygen atoms in total. The number of benzene rings is 2. The molecule has 4 aromatic rings. The van der Waals surface area contributed by atoms with Crippen LogP contribution in [0.4, 0.5) is 14.5 Å². The van der Waals surface area contributed by atoms with Crippen molar-refractivity contribution in [1.82, 2.24) is 9.55 Å². The number of hydrogen-bond donors (Lipinski definition) is 1. The topological polar surface area (TPSA) is 86.4 Å². The number of nitrogens with one attached hydrogen (secondary N) is 1. The molecule has 1 amide bonds. The molecule has 0 unspecified atom stereocenters. The zero-order valence-electron chi connectivity index (χ0n) is 17.3. The second-order valence-corrected chi connectivity index (χ2v) is 8.62. The first-order chi connectivity index (χ1) is 16.0. The maximum absolute atomic E-state index is 13.9. The maximum Gasteiger partial charge on any atom is 0.297 e. The van der Waals surface area contributed by atoms with E-state index in [0.29, 0.717) is 28.2 Å². The van der Waals surface area contributed by atoms with Crippen LogP contribution in [0.3, 0.4) is 0 Å². The summed E-state index contributed by atoms with van der Waals surface area (Å²) >= 11 is 1.04. The largest absolute Gasteiger partial charge is 0.448 e. The third-order valence-electron chi connectivity index (χ3n) is 5.39. The van der Waals surface area contributed by atoms with Crippen LogP contribution in [0.1, 0.15) is 12.8 Å². The van der Waals surface area contributed by atoms with Crippen molar-refractivity contribution in [2.45, 2.75) is 30.6 Å². The van der Waals surface area contributed by atoms with Gasteiger partial charge in [-0.15, -0.1) is 0 Å². The standard InChI is InChI=1S/C23H19F2N3O4S/c24-13-7-8-16(25)17(10-13)26-19(29)12-33-23-27-20-15-5-1-2-6-18(15)32-21(20)22(30)28(23)11-14-4-3-9-31-14/h1-2,5-8,10,14H,3-4,9,11-12H2,(H,26,29)/t14-/m0/s1. The number of hydrogen-bond acceptors (Lipinski definition) is 6. The molecule has 170 valence electrons. The lowest BCUT2D eigenvalue weighted by Crippen LogP contribution is -2.29. The van der Waals surface area contributed by atoms with E-state index in [9.17, 15) is 18.4 Å². The Bertz CT molecular complexity index is 1410. The third-order valence-corrected chi connectivity index (χ3v) is 6.37. The highest BCUT2D eigenvalue weighted by Crippen LogP contribution is 2.28. The number of nitrogens with zero attached hydrogens (tertiary/aromatic N) is 2. The van der Waals surface area contributed by atoms with Crippen LogP contribution in [0.25, 0.3) is 22.1 Å². The minimum absolute atomic E-state index is 0.138. The molecule has 1 saturated heterocycles. The summed E-state index contributed by atoms with van der Waals surface area (Å²) in [4.78, 5) is 30.4. The number of anilines is 1. The molecular weight excluding hydrogens is 452 g/mol. The van der Waals surface area contributed by atoms with E-state index in [4.69, 9.17) is 9.15 Å². The number of aromatic nitrogens is 2. The second kappa shape index (κ2) is 8.95. The fourth-order valence-electron chi connectivity index (χ4n) is 3.83. The predicted molar refractivity (Wildman–Crippen MR) is 120 cm³/mol. The summed E-state index contributed by atoms with van der Waals surface area (Å²) < 4.78 is 40.2. The van der Waals surface area contributed by atoms with Crippen LogP contribution in [-0.2, 0) is 16.1 Å². The maximum atomic E-state index is 13.9. The van der Waals surface area contributed by atoms with Gasteiger partial charge in [-0.2, -0.15) is 0 Å². The Morgan fingerprint density at radius 3 is 2.91 bits per heavy atom. The number of halogens is 2. The number of furan rings is 1. The first kappa shape index (κ1) is 21.6. The van der Waals surface area contributed by atoms with Crippen molar-refractivity contribution in [1.29, 1.82) is 0 Å². The molecule has 33 heavy (non-hydrogen) atoms. The molecule has 3 heterocycles. The molecule has 2 aromatic heterocycles. The molecule has 0 radical (unpaired) electrons. The van der Waals surface area contributed by atoms with Crippen LogP contribution in [0.5, 0.6) is 0 Å². The normalized spacial score (nSPS) is 16.0. The number of amides is 1. The van der Waals surface area contributed by atoms with Gasteiger partial charge in [-0.05, 0) is 37.1 Å². The van der Waals surface area contributed by atoms with Gasteiger partial charge in [-0.1, -0.05) is 23.9 Å². The molecule has 0 spiro atoms. The summed E-state index contributed by atoms with van der Waals surface area (Å²) in [6.45, 7) is 0.908. The van der Waals surface area contributed by atoms with Crippen molar-refractivity contribution in [2.24, 2.45) is 0 Å². The van der Waals surface area contributed by atoms with Gasteiger partial charge in [0.05, 0.1) is 24.1 Å². The number of ether oxygens (including phenoxy) is 1. The lowest BCUT2D eigenvalue weighted by atomic mass is 10.2. The predicted octanol–water partition coefficient (Wildman–Crippen LogP) is 4.33. The molecule has 0 saturated carbocycles. The minimum Gasteiger partial charge on any atom is -0.448 e. The molecule has 1 aliphatic rings. The lowest BCUT2D eigenvalue weighted by Gasteiger charge is -2.15. The van der Waals surface area contributed by atoms with Crippen molar-refractivity contribution >= 4 is 45.4 Å². The first-order valence-corrected chi connectivity index (χ1v) is 11.4. The number of fused-ring (bicyclic) bond motifs is 3. The highest BCUT2D eigenvalue weighted by molar-refractivity contribution is 7.99. The van der Waals surface area contributed by atoms with Gasteiger partial charge in [-0.25, -0.2) is 13.8 Å². The molecule has 1 aliphatic heterocycles. The number of carbonyl (C=O) groups is 1. The molecule has 0 bridgehead atoms. The van der Waals surface area contributed by atoms with Crippen LogP contribution in [0.15, 0.2) is 56.8 Å². The molecule has 1 fully saturated rings. The van der Waals surface area contributed by atoms with Gasteiger partial charge in [0.15, 0.2) is 5.16 Å². The SMILES string of the molecule is O=C(CSc1nc2c(oc3ccccc32)c(=O)n1C[C@@H]1CCCO1)Nc1cc(F)ccc1F. The van der Waals surface area contributed by atoms with Crippen molar-refractivity contribution < 1.29 is 22.7 Å². The second-order valence-electron chi connectivity index (χ2n) is 7.68. The Kier molecular flexibility index (Phi) is 5.86. The lowest BCUT2D eigenvalue weighted by molar-refractivity contribution is -0.113. The molecular formula is C23H19F2N3O4S. The monoisotopic (exact) mass is 471 g/mol. The Balaban J connectivity index is 1.47. The third kappa shape index (κ3) is 4.36. The highest BCUT2D eigenvalue weighted by Gasteiger charge is 2.23. The summed E-state index contributed by atoms with van der Waals surface area (Å²) in [6, 6.07) is 10.0. The van der Waals surface area contributed by atoms with Crippen LogP contribution in [-0.4, -0.2) is 33.9 Å². The summed E-state index contributed by atoms with van der Waals surface area (Å²) in [5.41, 5.74) is 0.498. The minimum atomic E-state index is -0.741. The van der Waals surface area contributed by atoms with E-state index in [1.807, 2.05) is 12.1 Å². The van der Waals surface area contributed by atoms with E-state index in [2.05, 4.69) is 10.3 Å². The van der Waals surface area contributed by atoms with E-state index in [1.54, 1.807) is 12.1 Å². The molecule has 1 N–H and O–H groups in total. The van der Waals surface area contributed by atoms with Crippen LogP contribution in [0.2, 0.25) is 0 Å². The van der Waals surface area contributed by atoms with Crippen molar-refractivity contribution in [3.8, 4) is 0 Å². The van der Waals surface area contributed by atoms with Crippen molar-refractivity contribution in [3.63, 3.8) is 0 Å². The summed E-state index contributed by atoms with van der Waals surface area (Å²) in [7, 11) is 0. The average molecular weight is 471 g/mol. The van der Waals surface area contributed by atoms with Gasteiger partial charge < -0.3 is 14.5 Å². The summed E-state index contributed by atoms with van der Waals surface area (Å²) in [5.74, 6) is -2.12. The molecule has 10 heteroatoms. The van der Waals surface area contributed by atoms with Gasteiger partial charge in [0.2, 0.25) is 11.5 Å². The van der Waals surface area contributed by atoms with E-state index in [1.165, 1.54) is 4.57 Å². The summed E-state index contributed by atoms with van der Waals surface area (Å²) in [5, 5.41) is 3.38. The summed E-state index contributed by atoms with van der Waals surface area (Å²) in [6.07, 6.45) is 1.58. The van der Waals surface area contributed by atoms with Crippen molar-refractivity contribution in [3.05, 3.63) is 64.5 Å². The van der Waals surface area contributed by atoms with Gasteiger partial charge in [-0.3, -0.25) is 14.2 Å². The highest BCUT2D eigenvalue weighted by atomic mass is 32.2. The van der Waals surface area contributed by atoms with E-state index in [-0.39, 0.29) is 35.2 Å². The van der Waals surface area contributed by atoms with Crippen molar-refractivity contribution in [2.75, 3.05) is 17.7 Å². The van der Waals surface area contributed by atoms with E-state index >= 15 is 0 Å². The van der Waals surface area contributed by atoms with Gasteiger partial charge in [0.25, 0.3) is 5.56 Å². The first-order valence-electron chi connectivity index (χ1n) is 10.4. The zero-order valence-corrected chi connectivity index (χ0v) is 18.2. The molecule has 2 aromatic carbocycles. The van der Waals surface area contributed by atoms with E-state index < -0.39 is 17.5 Å². The van der Waals surface area contributed by atoms with Crippen LogP contribution < -0.4 is 10.9 Å². The number of para-hydroxylation sites is 1. The Hall–Kier alpha value is -3.24. The van der Waals surface area contributed by atoms with Gasteiger partial charge >= 0.3 is 0 Å². The van der Waals surface area contributed by atoms with Crippen LogP contribution >= 0.6 is 11.8 Å². The molecule has 0 aliphatic carbocycles. The smallest absolute Gasteiger partial charge is 0.297 e. The zero-order chi connectivity index (χ0) is 22.9. The quantitative estimate of drug-likeness (QED) is 0.333. The number of rotatable bonds is 6.